The molecule has 0 radical (unpaired) electrons. The predicted octanol–water partition coefficient (Wildman–Crippen LogP) is 4.64. The lowest BCUT2D eigenvalue weighted by atomic mass is 10.0. The zero-order valence-corrected chi connectivity index (χ0v) is 15.1. The Labute approximate surface area is 157 Å². The molecule has 1 aliphatic rings. The molecule has 0 unspecified atom stereocenters. The maximum absolute atomic E-state index is 12.8. The predicted molar refractivity (Wildman–Crippen MR) is 99.3 cm³/mol. The van der Waals surface area contributed by atoms with Crippen molar-refractivity contribution >= 4 is 5.82 Å². The minimum absolute atomic E-state index is 0.371. The first-order valence-corrected chi connectivity index (χ1v) is 8.90. The third-order valence-corrected chi connectivity index (χ3v) is 4.40. The van der Waals surface area contributed by atoms with E-state index >= 15 is 0 Å². The summed E-state index contributed by atoms with van der Waals surface area (Å²) in [4.78, 5) is 10.1. The molecule has 1 saturated heterocycles. The fraction of sp³-hybridized carbons (Fsp3) is 0.333. The van der Waals surface area contributed by atoms with Crippen LogP contribution in [0, 0.1) is 11.8 Å². The summed E-state index contributed by atoms with van der Waals surface area (Å²) in [5, 5.41) is 0. The van der Waals surface area contributed by atoms with E-state index < -0.39 is 11.9 Å². The van der Waals surface area contributed by atoms with Crippen LogP contribution in [0.5, 0.6) is 0 Å². The zero-order valence-electron chi connectivity index (χ0n) is 15.1. The number of aromatic nitrogens is 2. The van der Waals surface area contributed by atoms with E-state index in [2.05, 4.69) is 28.7 Å². The van der Waals surface area contributed by atoms with Crippen LogP contribution in [0.25, 0.3) is 0 Å². The van der Waals surface area contributed by atoms with Crippen LogP contribution in [0.4, 0.5) is 19.0 Å². The lowest BCUT2D eigenvalue weighted by Gasteiger charge is -2.29. The van der Waals surface area contributed by atoms with E-state index in [-0.39, 0.29) is 0 Å². The molecule has 2 aromatic rings. The number of aryl methyl sites for hydroxylation is 1. The summed E-state index contributed by atoms with van der Waals surface area (Å²) in [5.41, 5.74) is 2.10. The number of rotatable bonds is 2. The fourth-order valence-electron chi connectivity index (χ4n) is 2.88. The van der Waals surface area contributed by atoms with Crippen LogP contribution in [-0.4, -0.2) is 23.1 Å². The molecular weight excluding hydrogens is 351 g/mol. The Morgan fingerprint density at radius 3 is 2.52 bits per heavy atom. The van der Waals surface area contributed by atoms with Gasteiger partial charge in [-0.3, -0.25) is 0 Å². The number of hydrogen-bond donors (Lipinski definition) is 0. The van der Waals surface area contributed by atoms with Gasteiger partial charge in [-0.05, 0) is 55.5 Å². The first-order chi connectivity index (χ1) is 13.0. The number of allylic oxidation sites excluding steroid dienone is 1. The summed E-state index contributed by atoms with van der Waals surface area (Å²) in [6, 6.07) is 9.82. The number of anilines is 1. The van der Waals surface area contributed by atoms with Crippen LogP contribution in [0.15, 0.2) is 48.0 Å². The second-order valence-corrected chi connectivity index (χ2v) is 6.31. The van der Waals surface area contributed by atoms with Crippen LogP contribution in [0.2, 0.25) is 0 Å². The molecule has 140 valence electrons. The minimum atomic E-state index is -4.42. The number of piperidine rings is 1. The summed E-state index contributed by atoms with van der Waals surface area (Å²) < 4.78 is 38.4. The highest BCUT2D eigenvalue weighted by molar-refractivity contribution is 5.42. The number of pyridine rings is 2. The molecule has 0 saturated carbocycles. The average Bonchev–Trinajstić information content (AvgIpc) is 2.68. The standard InChI is InChI=1S/C21H20F3N3/c1-2-17-7-4-9-18(25-17)8-3-6-16-12-14-27(15-13-16)20-11-5-10-19(26-20)21(22,23)24/h4-7,9-11H,2,12-15H2,1H3. The third-order valence-electron chi connectivity index (χ3n) is 4.40. The van der Waals surface area contributed by atoms with E-state index in [1.54, 1.807) is 6.07 Å². The largest absolute Gasteiger partial charge is 0.433 e. The fourth-order valence-corrected chi connectivity index (χ4v) is 2.88. The van der Waals surface area contributed by atoms with Gasteiger partial charge in [0.05, 0.1) is 0 Å². The quantitative estimate of drug-likeness (QED) is 0.721. The third kappa shape index (κ3) is 5.10. The van der Waals surface area contributed by atoms with Crippen molar-refractivity contribution in [1.82, 2.24) is 9.97 Å². The van der Waals surface area contributed by atoms with Gasteiger partial charge in [-0.25, -0.2) is 9.97 Å². The lowest BCUT2D eigenvalue weighted by Crippen LogP contribution is -2.31. The van der Waals surface area contributed by atoms with Crippen molar-refractivity contribution in [1.29, 1.82) is 0 Å². The molecule has 0 N–H and O–H groups in total. The number of nitrogens with zero attached hydrogens (tertiary/aromatic N) is 3. The van der Waals surface area contributed by atoms with Crippen molar-refractivity contribution in [2.75, 3.05) is 18.0 Å². The smallest absolute Gasteiger partial charge is 0.356 e. The van der Waals surface area contributed by atoms with Gasteiger partial charge in [-0.1, -0.05) is 30.6 Å². The SMILES string of the molecule is CCc1cccc(C#CC=C2CCN(c3cccc(C(F)(F)F)n3)CC2)n1. The lowest BCUT2D eigenvalue weighted by molar-refractivity contribution is -0.141. The van der Waals surface area contributed by atoms with Gasteiger partial charge in [0.25, 0.3) is 0 Å². The van der Waals surface area contributed by atoms with E-state index in [0.29, 0.717) is 18.9 Å². The highest BCUT2D eigenvalue weighted by Crippen LogP contribution is 2.29. The van der Waals surface area contributed by atoms with Crippen LogP contribution < -0.4 is 4.90 Å². The number of alkyl halides is 3. The van der Waals surface area contributed by atoms with E-state index in [9.17, 15) is 13.2 Å². The van der Waals surface area contributed by atoms with Crippen LogP contribution in [-0.2, 0) is 12.6 Å². The first kappa shape index (κ1) is 19.0. The van der Waals surface area contributed by atoms with Gasteiger partial charge < -0.3 is 4.90 Å². The van der Waals surface area contributed by atoms with E-state index in [4.69, 9.17) is 0 Å². The molecule has 6 heteroatoms. The molecule has 3 rings (SSSR count). The molecule has 1 aliphatic heterocycles. The summed E-state index contributed by atoms with van der Waals surface area (Å²) in [7, 11) is 0. The van der Waals surface area contributed by atoms with E-state index in [0.717, 1.165) is 36.7 Å². The van der Waals surface area contributed by atoms with E-state index in [1.807, 2.05) is 29.2 Å². The topological polar surface area (TPSA) is 29.0 Å². The molecule has 0 aromatic carbocycles. The Morgan fingerprint density at radius 1 is 1.07 bits per heavy atom. The maximum atomic E-state index is 12.8. The van der Waals surface area contributed by atoms with Crippen molar-refractivity contribution in [2.45, 2.75) is 32.4 Å². The zero-order chi connectivity index (χ0) is 19.3. The molecule has 27 heavy (non-hydrogen) atoms. The normalized spacial score (nSPS) is 14.5. The van der Waals surface area contributed by atoms with Gasteiger partial charge in [0.15, 0.2) is 0 Å². The molecule has 0 atom stereocenters. The van der Waals surface area contributed by atoms with Crippen LogP contribution in [0.1, 0.15) is 36.8 Å². The van der Waals surface area contributed by atoms with Gasteiger partial charge in [-0.2, -0.15) is 13.2 Å². The van der Waals surface area contributed by atoms with Crippen molar-refractivity contribution in [3.8, 4) is 11.8 Å². The van der Waals surface area contributed by atoms with Gasteiger partial charge in [0.2, 0.25) is 0 Å². The first-order valence-electron chi connectivity index (χ1n) is 8.90. The molecule has 3 heterocycles. The second-order valence-electron chi connectivity index (χ2n) is 6.31. The van der Waals surface area contributed by atoms with Gasteiger partial charge >= 0.3 is 6.18 Å². The molecule has 1 fully saturated rings. The van der Waals surface area contributed by atoms with Crippen molar-refractivity contribution in [3.63, 3.8) is 0 Å². The summed E-state index contributed by atoms with van der Waals surface area (Å²) in [6.45, 7) is 3.31. The van der Waals surface area contributed by atoms with Gasteiger partial charge in [0, 0.05) is 18.8 Å². The molecule has 0 aliphatic carbocycles. The number of hydrogen-bond acceptors (Lipinski definition) is 3. The monoisotopic (exact) mass is 371 g/mol. The van der Waals surface area contributed by atoms with E-state index in [1.165, 1.54) is 11.6 Å². The highest BCUT2D eigenvalue weighted by Gasteiger charge is 2.33. The molecule has 3 nitrogen and oxygen atoms in total. The molecule has 2 aromatic heterocycles. The Hall–Kier alpha value is -2.81. The summed E-state index contributed by atoms with van der Waals surface area (Å²) in [5.74, 6) is 6.46. The minimum Gasteiger partial charge on any atom is -0.356 e. The molecule has 0 amide bonds. The Bertz CT molecular complexity index is 881. The van der Waals surface area contributed by atoms with Crippen molar-refractivity contribution < 1.29 is 13.2 Å². The highest BCUT2D eigenvalue weighted by atomic mass is 19.4. The maximum Gasteiger partial charge on any atom is 0.433 e. The average molecular weight is 371 g/mol. The Morgan fingerprint density at radius 2 is 1.81 bits per heavy atom. The van der Waals surface area contributed by atoms with Gasteiger partial charge in [0.1, 0.15) is 17.2 Å². The van der Waals surface area contributed by atoms with Crippen LogP contribution >= 0.6 is 0 Å². The van der Waals surface area contributed by atoms with Crippen molar-refractivity contribution in [3.05, 3.63) is 65.1 Å². The second kappa shape index (κ2) is 8.26. The van der Waals surface area contributed by atoms with Crippen molar-refractivity contribution in [2.24, 2.45) is 0 Å². The summed E-state index contributed by atoms with van der Waals surface area (Å²) in [6.07, 6.45) is -0.132. The Kier molecular flexibility index (Phi) is 5.80. The van der Waals surface area contributed by atoms with Gasteiger partial charge in [-0.15, -0.1) is 0 Å². The van der Waals surface area contributed by atoms with Crippen LogP contribution in [0.3, 0.4) is 0 Å². The molecule has 0 bridgehead atoms. The molecule has 0 spiro atoms. The Balaban J connectivity index is 1.62. The molecular formula is C21H20F3N3. The number of halogens is 3. The summed E-state index contributed by atoms with van der Waals surface area (Å²) >= 11 is 0.